The van der Waals surface area contributed by atoms with Crippen LogP contribution in [0.5, 0.6) is 0 Å². The number of rotatable bonds is 6. The monoisotopic (exact) mass is 703 g/mol. The molecular formula is C31H42IN7O4. The van der Waals surface area contributed by atoms with Crippen molar-refractivity contribution in [2.24, 2.45) is 0 Å². The summed E-state index contributed by atoms with van der Waals surface area (Å²) in [6.45, 7) is 6.36. The van der Waals surface area contributed by atoms with Gasteiger partial charge in [0.15, 0.2) is 17.8 Å². The molecule has 3 aromatic rings. The quantitative estimate of drug-likeness (QED) is 0.322. The van der Waals surface area contributed by atoms with Crippen LogP contribution in [0.1, 0.15) is 77.4 Å². The number of fused-ring (bicyclic) bond motifs is 3. The molecule has 2 bridgehead atoms. The molecular weight excluding hydrogens is 661 g/mol. The van der Waals surface area contributed by atoms with Gasteiger partial charge in [-0.3, -0.25) is 0 Å². The van der Waals surface area contributed by atoms with Crippen molar-refractivity contribution >= 4 is 45.1 Å². The third kappa shape index (κ3) is 5.44. The maximum atomic E-state index is 6.45. The minimum atomic E-state index is -0.0495. The Balaban J connectivity index is 1.16. The molecule has 5 unspecified atom stereocenters. The van der Waals surface area contributed by atoms with E-state index in [-0.39, 0.29) is 18.6 Å². The molecule has 6 atom stereocenters. The highest BCUT2D eigenvalue weighted by Gasteiger charge is 2.40. The zero-order chi connectivity index (χ0) is 28.9. The van der Waals surface area contributed by atoms with Gasteiger partial charge in [0, 0.05) is 44.1 Å². The molecule has 0 N–H and O–H groups in total. The summed E-state index contributed by atoms with van der Waals surface area (Å²) in [5.41, 5.74) is 2.07. The van der Waals surface area contributed by atoms with Gasteiger partial charge in [-0.25, -0.2) is 9.67 Å². The molecule has 11 nitrogen and oxygen atoms in total. The van der Waals surface area contributed by atoms with Crippen LogP contribution in [0.25, 0.3) is 16.9 Å². The highest BCUT2D eigenvalue weighted by molar-refractivity contribution is 14.1. The second-order valence-electron chi connectivity index (χ2n) is 12.8. The van der Waals surface area contributed by atoms with E-state index in [9.17, 15) is 0 Å². The molecule has 0 aliphatic carbocycles. The average Bonchev–Trinajstić information content (AvgIpc) is 3.72. The van der Waals surface area contributed by atoms with Crippen LogP contribution in [0.3, 0.4) is 0 Å². The highest BCUT2D eigenvalue weighted by Crippen LogP contribution is 2.41. The minimum Gasteiger partial charge on any atom is -0.377 e. The Morgan fingerprint density at radius 1 is 0.930 bits per heavy atom. The largest absolute Gasteiger partial charge is 0.377 e. The van der Waals surface area contributed by atoms with E-state index in [0.717, 1.165) is 117 Å². The van der Waals surface area contributed by atoms with E-state index in [2.05, 4.69) is 45.4 Å². The summed E-state index contributed by atoms with van der Waals surface area (Å²) in [5.74, 6) is 1.79. The summed E-state index contributed by atoms with van der Waals surface area (Å²) in [5, 5.41) is 11.1. The van der Waals surface area contributed by atoms with E-state index < -0.39 is 0 Å². The fourth-order valence-corrected chi connectivity index (χ4v) is 8.47. The first-order chi connectivity index (χ1) is 21.1. The number of ether oxygens (including phenoxy) is 4. The number of halogens is 1. The predicted octanol–water partition coefficient (Wildman–Crippen LogP) is 5.19. The van der Waals surface area contributed by atoms with Crippen LogP contribution in [0.4, 0.5) is 11.5 Å². The lowest BCUT2D eigenvalue weighted by Gasteiger charge is -2.41. The lowest BCUT2D eigenvalue weighted by molar-refractivity contribution is -0.192. The third-order valence-electron chi connectivity index (χ3n) is 9.95. The molecule has 43 heavy (non-hydrogen) atoms. The van der Waals surface area contributed by atoms with Crippen LogP contribution >= 0.6 is 22.6 Å². The topological polar surface area (TPSA) is 91.9 Å². The first-order valence-corrected chi connectivity index (χ1v) is 17.4. The fourth-order valence-electron chi connectivity index (χ4n) is 7.74. The molecule has 0 aromatic carbocycles. The summed E-state index contributed by atoms with van der Waals surface area (Å²) < 4.78 is 29.1. The second-order valence-corrected chi connectivity index (χ2v) is 13.8. The maximum Gasteiger partial charge on any atom is 0.177 e. The van der Waals surface area contributed by atoms with Gasteiger partial charge in [-0.1, -0.05) is 0 Å². The van der Waals surface area contributed by atoms with Gasteiger partial charge in [0.25, 0.3) is 0 Å². The summed E-state index contributed by atoms with van der Waals surface area (Å²) in [7, 11) is 0. The molecule has 8 rings (SSSR count). The molecule has 5 aliphatic rings. The number of hydrogen-bond acceptors (Lipinski definition) is 9. The fraction of sp³-hybridized carbons (Fsp3) is 0.710. The summed E-state index contributed by atoms with van der Waals surface area (Å²) in [6.07, 6.45) is 13.0. The molecule has 0 spiro atoms. The lowest BCUT2D eigenvalue weighted by atomic mass is 9.99. The van der Waals surface area contributed by atoms with E-state index in [4.69, 9.17) is 34.1 Å². The Hall–Kier alpha value is -2.00. The smallest absolute Gasteiger partial charge is 0.177 e. The molecule has 3 aromatic heterocycles. The van der Waals surface area contributed by atoms with Crippen molar-refractivity contribution in [1.82, 2.24) is 24.5 Å². The Bertz CT molecular complexity index is 1420. The molecule has 5 saturated heterocycles. The standard InChI is InChI=1S/C31H42IN7O4/c1-20-16-23(43-28-7-3-5-15-42-28)10-12-36(20)24-17-26(38-21-8-9-22(38)19-40-18-21)33-31-29(24)30(32)35-39(31)25-11-13-37(34-25)27-6-2-4-14-41-27/h11,13,17,20-23,27-28H,2-10,12,14-16,18-19H2,1H3/t20-,21?,22?,23?,27?,28?/m1/s1. The van der Waals surface area contributed by atoms with E-state index in [1.165, 1.54) is 12.1 Å². The van der Waals surface area contributed by atoms with Crippen molar-refractivity contribution in [3.05, 3.63) is 22.0 Å². The van der Waals surface area contributed by atoms with Crippen molar-refractivity contribution in [2.45, 2.75) is 108 Å². The predicted molar refractivity (Wildman–Crippen MR) is 171 cm³/mol. The van der Waals surface area contributed by atoms with Crippen LogP contribution in [0.15, 0.2) is 18.3 Å². The van der Waals surface area contributed by atoms with Gasteiger partial charge in [0.05, 0.1) is 42.5 Å². The number of morpholine rings is 1. The lowest BCUT2D eigenvalue weighted by Crippen LogP contribution is -2.47. The van der Waals surface area contributed by atoms with E-state index in [1.807, 2.05) is 21.6 Å². The molecule has 0 amide bonds. The molecule has 0 saturated carbocycles. The Morgan fingerprint density at radius 3 is 2.49 bits per heavy atom. The van der Waals surface area contributed by atoms with E-state index in [1.54, 1.807) is 0 Å². The number of hydrogen-bond donors (Lipinski definition) is 0. The Kier molecular flexibility index (Phi) is 7.99. The highest BCUT2D eigenvalue weighted by atomic mass is 127. The molecule has 12 heteroatoms. The van der Waals surface area contributed by atoms with Gasteiger partial charge in [-0.05, 0) is 93.7 Å². The van der Waals surface area contributed by atoms with Gasteiger partial charge in [0.1, 0.15) is 15.7 Å². The maximum absolute atomic E-state index is 6.45. The first kappa shape index (κ1) is 28.5. The van der Waals surface area contributed by atoms with Crippen molar-refractivity contribution in [1.29, 1.82) is 0 Å². The van der Waals surface area contributed by atoms with Gasteiger partial charge < -0.3 is 28.7 Å². The van der Waals surface area contributed by atoms with Crippen molar-refractivity contribution in [2.75, 3.05) is 42.8 Å². The Morgan fingerprint density at radius 2 is 1.74 bits per heavy atom. The molecule has 8 heterocycles. The number of pyridine rings is 1. The number of piperidine rings is 1. The van der Waals surface area contributed by atoms with Crippen molar-refractivity contribution in [3.8, 4) is 5.82 Å². The average molecular weight is 704 g/mol. The van der Waals surface area contributed by atoms with Gasteiger partial charge >= 0.3 is 0 Å². The van der Waals surface area contributed by atoms with Crippen LogP contribution in [0.2, 0.25) is 0 Å². The minimum absolute atomic E-state index is 0.0187. The van der Waals surface area contributed by atoms with Gasteiger partial charge in [-0.2, -0.15) is 14.9 Å². The summed E-state index contributed by atoms with van der Waals surface area (Å²) >= 11 is 2.38. The van der Waals surface area contributed by atoms with Crippen molar-refractivity contribution in [3.63, 3.8) is 0 Å². The molecule has 232 valence electrons. The zero-order valence-corrected chi connectivity index (χ0v) is 27.1. The number of anilines is 2. The first-order valence-electron chi connectivity index (χ1n) is 16.3. The molecule has 5 fully saturated rings. The van der Waals surface area contributed by atoms with Crippen LogP contribution in [0, 0.1) is 3.70 Å². The van der Waals surface area contributed by atoms with Crippen LogP contribution in [-0.2, 0) is 18.9 Å². The SMILES string of the molecule is C[C@@H]1CC(OC2CCCCO2)CCN1c1cc(N2C3CCC2COC3)nc2c1c(I)nn2-c1ccn(C2CCCCO2)n1. The molecule has 5 aliphatic heterocycles. The van der Waals surface area contributed by atoms with Gasteiger partial charge in [0.2, 0.25) is 0 Å². The zero-order valence-electron chi connectivity index (χ0n) is 24.9. The van der Waals surface area contributed by atoms with Crippen LogP contribution < -0.4 is 9.80 Å². The van der Waals surface area contributed by atoms with E-state index >= 15 is 0 Å². The summed E-state index contributed by atoms with van der Waals surface area (Å²) in [4.78, 5) is 10.4. The summed E-state index contributed by atoms with van der Waals surface area (Å²) in [6, 6.07) is 5.39. The normalized spacial score (nSPS) is 31.7. The van der Waals surface area contributed by atoms with E-state index in [0.29, 0.717) is 18.1 Å². The number of aromatic nitrogens is 5. The number of nitrogens with zero attached hydrogens (tertiary/aromatic N) is 7. The Labute approximate surface area is 266 Å². The third-order valence-corrected chi connectivity index (χ3v) is 10.7. The molecule has 0 radical (unpaired) electrons. The van der Waals surface area contributed by atoms with Gasteiger partial charge in [-0.15, -0.1) is 0 Å². The van der Waals surface area contributed by atoms with Crippen LogP contribution in [-0.4, -0.2) is 88.0 Å². The second kappa shape index (κ2) is 12.1. The van der Waals surface area contributed by atoms with Crippen molar-refractivity contribution < 1.29 is 18.9 Å².